The first-order chi connectivity index (χ1) is 23.5. The van der Waals surface area contributed by atoms with Gasteiger partial charge in [-0.25, -0.2) is 38.4 Å². The van der Waals surface area contributed by atoms with Crippen molar-refractivity contribution < 1.29 is 73.7 Å². The van der Waals surface area contributed by atoms with Gasteiger partial charge in [-0.05, 0) is 0 Å². The number of rotatable bonds is 8. The number of carbonyl (C=O) groups excluding carboxylic acids is 2. The van der Waals surface area contributed by atoms with Gasteiger partial charge in [-0.2, -0.15) is 0 Å². The van der Waals surface area contributed by atoms with Crippen LogP contribution >= 0.6 is 92.8 Å². The summed E-state index contributed by atoms with van der Waals surface area (Å²) in [5.74, 6) is -16.3. The molecular formula is C28H6Cl8O15. The van der Waals surface area contributed by atoms with Crippen molar-refractivity contribution in [1.29, 1.82) is 0 Å². The Balaban J connectivity index is 2.23. The molecule has 0 heterocycles. The van der Waals surface area contributed by atoms with Crippen LogP contribution in [0.25, 0.3) is 21.5 Å². The highest BCUT2D eigenvalue weighted by Crippen LogP contribution is 2.48. The largest absolute Gasteiger partial charge is 0.478 e. The third-order valence-corrected chi connectivity index (χ3v) is 10.3. The molecule has 0 aliphatic rings. The first-order valence-electron chi connectivity index (χ1n) is 12.4. The minimum atomic E-state index is -2.07. The molecule has 4 aromatic carbocycles. The summed E-state index contributed by atoms with van der Waals surface area (Å²) in [5.41, 5.74) is -9.87. The molecule has 0 aliphatic heterocycles. The summed E-state index contributed by atoms with van der Waals surface area (Å²) in [5, 5.41) is 46.2. The van der Waals surface area contributed by atoms with Gasteiger partial charge in [-0.1, -0.05) is 92.8 Å². The zero-order chi connectivity index (χ0) is 38.9. The van der Waals surface area contributed by atoms with Crippen LogP contribution in [0.2, 0.25) is 40.2 Å². The van der Waals surface area contributed by atoms with E-state index in [1.54, 1.807) is 0 Å². The summed E-state index contributed by atoms with van der Waals surface area (Å²) < 4.78 is 4.83. The normalized spacial score (nSPS) is 11.1. The molecule has 264 valence electrons. The van der Waals surface area contributed by atoms with E-state index in [2.05, 4.69) is 0 Å². The number of hydrogen-bond donors (Lipinski definition) is 6. The Morgan fingerprint density at radius 2 is 0.431 bits per heavy atom. The van der Waals surface area contributed by atoms with Gasteiger partial charge in [0.05, 0.1) is 84.7 Å². The van der Waals surface area contributed by atoms with Gasteiger partial charge in [0.15, 0.2) is 0 Å². The smallest absolute Gasteiger partial charge is 0.348 e. The number of benzene rings is 4. The van der Waals surface area contributed by atoms with Crippen LogP contribution in [0.15, 0.2) is 0 Å². The van der Waals surface area contributed by atoms with Crippen LogP contribution in [0.3, 0.4) is 0 Å². The molecule has 4 aromatic rings. The second kappa shape index (κ2) is 14.0. The third kappa shape index (κ3) is 6.08. The van der Waals surface area contributed by atoms with Gasteiger partial charge < -0.3 is 35.4 Å². The quantitative estimate of drug-likeness (QED) is 0.0717. The van der Waals surface area contributed by atoms with E-state index in [-0.39, 0.29) is 0 Å². The number of carboxylic acids is 6. The van der Waals surface area contributed by atoms with Crippen LogP contribution in [-0.4, -0.2) is 78.4 Å². The van der Waals surface area contributed by atoms with Crippen molar-refractivity contribution in [1.82, 2.24) is 0 Å². The third-order valence-electron chi connectivity index (χ3n) is 6.90. The molecule has 0 spiro atoms. The number of hydrogen-bond acceptors (Lipinski definition) is 9. The second-order valence-corrected chi connectivity index (χ2v) is 12.5. The zero-order valence-electron chi connectivity index (χ0n) is 23.4. The van der Waals surface area contributed by atoms with Crippen LogP contribution in [0.1, 0.15) is 82.9 Å². The first-order valence-corrected chi connectivity index (χ1v) is 15.4. The Morgan fingerprint density at radius 3 is 0.588 bits per heavy atom. The summed E-state index contributed by atoms with van der Waals surface area (Å²) in [7, 11) is 0. The lowest BCUT2D eigenvalue weighted by molar-refractivity contribution is 0.0397. The van der Waals surface area contributed by atoms with Gasteiger partial charge in [0.25, 0.3) is 0 Å². The molecule has 0 unspecified atom stereocenters. The van der Waals surface area contributed by atoms with Crippen molar-refractivity contribution in [2.75, 3.05) is 0 Å². The molecule has 0 fully saturated rings. The van der Waals surface area contributed by atoms with Gasteiger partial charge in [0.2, 0.25) is 0 Å². The predicted octanol–water partition coefficient (Wildman–Crippen LogP) is 8.41. The Labute approximate surface area is 318 Å². The minimum Gasteiger partial charge on any atom is -0.478 e. The highest BCUT2D eigenvalue weighted by atomic mass is 35.5. The molecule has 0 aliphatic carbocycles. The van der Waals surface area contributed by atoms with E-state index >= 15 is 0 Å². The molecule has 0 saturated heterocycles. The lowest BCUT2D eigenvalue weighted by atomic mass is 9.90. The fourth-order valence-corrected chi connectivity index (χ4v) is 7.18. The van der Waals surface area contributed by atoms with Crippen molar-refractivity contribution in [2.24, 2.45) is 0 Å². The molecule has 51 heavy (non-hydrogen) atoms. The van der Waals surface area contributed by atoms with Crippen molar-refractivity contribution in [3.05, 3.63) is 84.7 Å². The zero-order valence-corrected chi connectivity index (χ0v) is 29.4. The highest BCUT2D eigenvalue weighted by molar-refractivity contribution is 6.53. The number of carbonyl (C=O) groups is 8. The average molecular weight is 866 g/mol. The molecule has 0 bridgehead atoms. The molecule has 0 amide bonds. The Morgan fingerprint density at radius 1 is 0.294 bits per heavy atom. The molecule has 15 nitrogen and oxygen atoms in total. The molecule has 0 atom stereocenters. The van der Waals surface area contributed by atoms with Crippen molar-refractivity contribution in [3.63, 3.8) is 0 Å². The van der Waals surface area contributed by atoms with E-state index in [0.717, 1.165) is 0 Å². The summed E-state index contributed by atoms with van der Waals surface area (Å²) in [6, 6.07) is 0. The van der Waals surface area contributed by atoms with E-state index < -0.39 is 154 Å². The van der Waals surface area contributed by atoms with E-state index in [1.807, 2.05) is 0 Å². The van der Waals surface area contributed by atoms with Gasteiger partial charge in [0, 0.05) is 21.5 Å². The Bertz CT molecular complexity index is 2230. The average Bonchev–Trinajstić information content (AvgIpc) is 2.99. The maximum absolute atomic E-state index is 13.8. The Kier molecular flexibility index (Phi) is 10.8. The summed E-state index contributed by atoms with van der Waals surface area (Å²) in [6.45, 7) is 0. The van der Waals surface area contributed by atoms with Crippen LogP contribution in [0.5, 0.6) is 0 Å². The number of esters is 2. The van der Waals surface area contributed by atoms with Crippen molar-refractivity contribution >= 4 is 162 Å². The molecule has 0 saturated carbocycles. The molecule has 6 N–H and O–H groups in total. The van der Waals surface area contributed by atoms with Gasteiger partial charge in [-0.15, -0.1) is 0 Å². The minimum absolute atomic E-state index is 1.03. The number of ether oxygens (including phenoxy) is 1. The van der Waals surface area contributed by atoms with Crippen LogP contribution in [0.4, 0.5) is 0 Å². The van der Waals surface area contributed by atoms with Gasteiger partial charge in [-0.3, -0.25) is 0 Å². The molecule has 0 aromatic heterocycles. The molecule has 4 rings (SSSR count). The first kappa shape index (κ1) is 39.5. The second-order valence-electron chi connectivity index (χ2n) is 9.52. The van der Waals surface area contributed by atoms with E-state index in [9.17, 15) is 69.0 Å². The number of fused-ring (bicyclic) bond motifs is 2. The van der Waals surface area contributed by atoms with Crippen molar-refractivity contribution in [2.45, 2.75) is 0 Å². The topological polar surface area (TPSA) is 267 Å². The monoisotopic (exact) mass is 862 g/mol. The summed E-state index contributed by atoms with van der Waals surface area (Å²) in [4.78, 5) is 101. The van der Waals surface area contributed by atoms with E-state index in [0.29, 0.717) is 0 Å². The highest BCUT2D eigenvalue weighted by Gasteiger charge is 2.39. The maximum atomic E-state index is 13.8. The SMILES string of the molecule is O=C(O)c1c(Cl)c(Cl)c(C(=O)O)c2c(C(=O)OC(=O)c3c(Cl)c(Cl)c(C(=O)O)c4c(C(=O)O)c(Cl)c(Cl)c(C(=O)O)c34)c(Cl)c(Cl)c(C(=O)O)c12. The molecule has 0 radical (unpaired) electrons. The van der Waals surface area contributed by atoms with Crippen LogP contribution in [0, 0.1) is 0 Å². The van der Waals surface area contributed by atoms with Crippen molar-refractivity contribution in [3.8, 4) is 0 Å². The standard InChI is InChI=1S/C28H6Cl8O15/c29-13-5(21(37)38)1-3(9(15(13)31)25(45)46)11(19(35)17(33)7(1)23(41)42)27(49)51-28(50)12-4-2(8(24(43)44)18(34)20(12)36)6(22(39)40)14(30)16(32)10(4)26(47)48/h(H,37,38)(H,39,40)(H,41,42)(H,43,44)(H,45,46)(H,47,48). The molecule has 23 heteroatoms. The number of halogens is 8. The number of carboxylic acid groups (broad SMARTS) is 6. The fraction of sp³-hybridized carbons (Fsp3) is 0. The lowest BCUT2D eigenvalue weighted by Crippen LogP contribution is -2.20. The van der Waals surface area contributed by atoms with Crippen LogP contribution in [-0.2, 0) is 4.74 Å². The predicted molar refractivity (Wildman–Crippen MR) is 179 cm³/mol. The van der Waals surface area contributed by atoms with E-state index in [4.69, 9.17) is 97.5 Å². The van der Waals surface area contributed by atoms with Gasteiger partial charge >= 0.3 is 47.8 Å². The van der Waals surface area contributed by atoms with Gasteiger partial charge in [0.1, 0.15) is 0 Å². The molecular weight excluding hydrogens is 860 g/mol. The number of aromatic carboxylic acids is 6. The fourth-order valence-electron chi connectivity index (χ4n) is 5.03. The lowest BCUT2D eigenvalue weighted by Gasteiger charge is -2.20. The van der Waals surface area contributed by atoms with E-state index in [1.165, 1.54) is 0 Å². The summed E-state index contributed by atoms with van der Waals surface area (Å²) >= 11 is 48.8. The summed E-state index contributed by atoms with van der Waals surface area (Å²) in [6.07, 6.45) is 0. The Hall–Kier alpha value is -4.32. The maximum Gasteiger partial charge on any atom is 0.348 e. The van der Waals surface area contributed by atoms with Crippen LogP contribution < -0.4 is 0 Å².